The number of hydrogen-bond acceptors (Lipinski definition) is 3. The predicted molar refractivity (Wildman–Crippen MR) is 75.8 cm³/mol. The summed E-state index contributed by atoms with van der Waals surface area (Å²) >= 11 is 0. The molecule has 0 aromatic heterocycles. The van der Waals surface area contributed by atoms with Crippen molar-refractivity contribution in [2.75, 3.05) is 11.9 Å². The van der Waals surface area contributed by atoms with Gasteiger partial charge in [0.05, 0.1) is 12.3 Å². The number of hydrogen-bond donors (Lipinski definition) is 1. The first-order valence-electron chi connectivity index (χ1n) is 6.66. The second-order valence-electron chi connectivity index (χ2n) is 4.41. The van der Waals surface area contributed by atoms with Gasteiger partial charge in [-0.3, -0.25) is 9.59 Å². The van der Waals surface area contributed by atoms with Crippen LogP contribution in [-0.2, 0) is 4.79 Å². The molecule has 0 heterocycles. The predicted octanol–water partition coefficient (Wildman–Crippen LogP) is 3.42. The standard InChI is InChI=1S/C15H21NO3/c1-4-6-15(18)16-13-10-12(11(3)17)7-8-14(13)19-9-5-2/h7-8,10H,4-6,9H2,1-3H3,(H,16,18). The van der Waals surface area contributed by atoms with E-state index in [1.807, 2.05) is 13.8 Å². The van der Waals surface area contributed by atoms with Gasteiger partial charge in [0.15, 0.2) is 5.78 Å². The second kappa shape index (κ2) is 7.56. The quantitative estimate of drug-likeness (QED) is 0.767. The third-order valence-corrected chi connectivity index (χ3v) is 2.60. The average Bonchev–Trinajstić information content (AvgIpc) is 2.37. The summed E-state index contributed by atoms with van der Waals surface area (Å²) in [5.41, 5.74) is 1.13. The molecule has 0 atom stereocenters. The van der Waals surface area contributed by atoms with Gasteiger partial charge >= 0.3 is 0 Å². The van der Waals surface area contributed by atoms with Crippen molar-refractivity contribution in [2.45, 2.75) is 40.0 Å². The molecule has 1 aromatic carbocycles. The van der Waals surface area contributed by atoms with Gasteiger partial charge < -0.3 is 10.1 Å². The minimum atomic E-state index is -0.0652. The van der Waals surface area contributed by atoms with E-state index in [0.29, 0.717) is 30.0 Å². The summed E-state index contributed by atoms with van der Waals surface area (Å²) < 4.78 is 5.57. The molecule has 19 heavy (non-hydrogen) atoms. The topological polar surface area (TPSA) is 55.4 Å². The van der Waals surface area contributed by atoms with Crippen molar-refractivity contribution in [3.63, 3.8) is 0 Å². The highest BCUT2D eigenvalue weighted by Crippen LogP contribution is 2.26. The number of Topliss-reactive ketones (excluding diaryl/α,β-unsaturated/α-hetero) is 1. The second-order valence-corrected chi connectivity index (χ2v) is 4.41. The Morgan fingerprint density at radius 3 is 2.53 bits per heavy atom. The normalized spacial score (nSPS) is 10.1. The fourth-order valence-corrected chi connectivity index (χ4v) is 1.62. The number of carbonyl (C=O) groups excluding carboxylic acids is 2. The van der Waals surface area contributed by atoms with Gasteiger partial charge in [0.25, 0.3) is 0 Å². The fourth-order valence-electron chi connectivity index (χ4n) is 1.62. The lowest BCUT2D eigenvalue weighted by atomic mass is 10.1. The summed E-state index contributed by atoms with van der Waals surface area (Å²) in [7, 11) is 0. The van der Waals surface area contributed by atoms with Crippen molar-refractivity contribution >= 4 is 17.4 Å². The van der Waals surface area contributed by atoms with Crippen LogP contribution in [0.3, 0.4) is 0 Å². The lowest BCUT2D eigenvalue weighted by molar-refractivity contribution is -0.116. The van der Waals surface area contributed by atoms with Crippen LogP contribution in [-0.4, -0.2) is 18.3 Å². The fraction of sp³-hybridized carbons (Fsp3) is 0.467. The van der Waals surface area contributed by atoms with E-state index in [1.165, 1.54) is 6.92 Å². The van der Waals surface area contributed by atoms with Gasteiger partial charge in [-0.2, -0.15) is 0 Å². The van der Waals surface area contributed by atoms with Crippen LogP contribution in [0.5, 0.6) is 5.75 Å². The van der Waals surface area contributed by atoms with Crippen molar-refractivity contribution in [1.29, 1.82) is 0 Å². The van der Waals surface area contributed by atoms with E-state index in [-0.39, 0.29) is 11.7 Å². The van der Waals surface area contributed by atoms with Gasteiger partial charge in [-0.25, -0.2) is 0 Å². The smallest absolute Gasteiger partial charge is 0.224 e. The first-order chi connectivity index (χ1) is 9.08. The summed E-state index contributed by atoms with van der Waals surface area (Å²) in [5.74, 6) is 0.508. The van der Waals surface area contributed by atoms with Crippen molar-refractivity contribution in [3.05, 3.63) is 23.8 Å². The van der Waals surface area contributed by atoms with Crippen LogP contribution in [0.25, 0.3) is 0 Å². The first kappa shape index (κ1) is 15.2. The van der Waals surface area contributed by atoms with Crippen LogP contribution in [0.1, 0.15) is 50.4 Å². The molecule has 0 fully saturated rings. The maximum Gasteiger partial charge on any atom is 0.224 e. The molecule has 0 saturated carbocycles. The summed E-state index contributed by atoms with van der Waals surface area (Å²) in [5, 5.41) is 2.80. The Hall–Kier alpha value is -1.84. The van der Waals surface area contributed by atoms with Crippen LogP contribution in [0.15, 0.2) is 18.2 Å². The zero-order valence-corrected chi connectivity index (χ0v) is 11.8. The highest BCUT2D eigenvalue weighted by molar-refractivity contribution is 5.98. The molecule has 1 aromatic rings. The third-order valence-electron chi connectivity index (χ3n) is 2.60. The molecule has 0 spiro atoms. The van der Waals surface area contributed by atoms with Crippen molar-refractivity contribution in [1.82, 2.24) is 0 Å². The maximum absolute atomic E-state index is 11.7. The number of ether oxygens (including phenoxy) is 1. The number of anilines is 1. The van der Waals surface area contributed by atoms with Crippen molar-refractivity contribution < 1.29 is 14.3 Å². The van der Waals surface area contributed by atoms with Gasteiger partial charge in [-0.15, -0.1) is 0 Å². The van der Waals surface area contributed by atoms with Crippen LogP contribution < -0.4 is 10.1 Å². The molecule has 4 nitrogen and oxygen atoms in total. The molecule has 0 aliphatic carbocycles. The largest absolute Gasteiger partial charge is 0.491 e. The first-order valence-corrected chi connectivity index (χ1v) is 6.66. The molecule has 4 heteroatoms. The lowest BCUT2D eigenvalue weighted by Crippen LogP contribution is -2.12. The van der Waals surface area contributed by atoms with E-state index in [0.717, 1.165) is 12.8 Å². The third kappa shape index (κ3) is 4.73. The van der Waals surface area contributed by atoms with Gasteiger partial charge in [0, 0.05) is 12.0 Å². The van der Waals surface area contributed by atoms with Crippen LogP contribution >= 0.6 is 0 Å². The average molecular weight is 263 g/mol. The molecule has 1 N–H and O–H groups in total. The van der Waals surface area contributed by atoms with E-state index >= 15 is 0 Å². The Morgan fingerprint density at radius 2 is 1.95 bits per heavy atom. The summed E-state index contributed by atoms with van der Waals surface area (Å²) in [4.78, 5) is 23.0. The Kier molecular flexibility index (Phi) is 6.06. The van der Waals surface area contributed by atoms with E-state index in [1.54, 1.807) is 18.2 Å². The summed E-state index contributed by atoms with van der Waals surface area (Å²) in [6.07, 6.45) is 2.12. The van der Waals surface area contributed by atoms with Gasteiger partial charge in [-0.1, -0.05) is 13.8 Å². The SMILES string of the molecule is CCCOc1ccc(C(C)=O)cc1NC(=O)CCC. The van der Waals surface area contributed by atoms with Crippen LogP contribution in [0.2, 0.25) is 0 Å². The molecule has 0 radical (unpaired) electrons. The number of carbonyl (C=O) groups is 2. The van der Waals surface area contributed by atoms with E-state index in [9.17, 15) is 9.59 Å². The Bertz CT molecular complexity index is 455. The van der Waals surface area contributed by atoms with Crippen LogP contribution in [0.4, 0.5) is 5.69 Å². The van der Waals surface area contributed by atoms with E-state index in [2.05, 4.69) is 5.32 Å². The van der Waals surface area contributed by atoms with E-state index < -0.39 is 0 Å². The van der Waals surface area contributed by atoms with E-state index in [4.69, 9.17) is 4.74 Å². The molecular formula is C15H21NO3. The molecule has 104 valence electrons. The maximum atomic E-state index is 11.7. The van der Waals surface area contributed by atoms with Crippen LogP contribution in [0, 0.1) is 0 Å². The van der Waals surface area contributed by atoms with Gasteiger partial charge in [-0.05, 0) is 38.0 Å². The van der Waals surface area contributed by atoms with Crippen molar-refractivity contribution in [2.24, 2.45) is 0 Å². The Morgan fingerprint density at radius 1 is 1.21 bits per heavy atom. The minimum absolute atomic E-state index is 0.0342. The number of ketones is 1. The molecule has 1 rings (SSSR count). The van der Waals surface area contributed by atoms with Gasteiger partial charge in [0.2, 0.25) is 5.91 Å². The molecule has 0 aliphatic heterocycles. The highest BCUT2D eigenvalue weighted by Gasteiger charge is 2.10. The highest BCUT2D eigenvalue weighted by atomic mass is 16.5. The number of rotatable bonds is 7. The number of amides is 1. The molecule has 0 unspecified atom stereocenters. The molecule has 0 aliphatic rings. The monoisotopic (exact) mass is 263 g/mol. The summed E-state index contributed by atoms with van der Waals surface area (Å²) in [6, 6.07) is 5.11. The lowest BCUT2D eigenvalue weighted by Gasteiger charge is -2.13. The molecule has 1 amide bonds. The molecule has 0 saturated heterocycles. The van der Waals surface area contributed by atoms with Crippen molar-refractivity contribution in [3.8, 4) is 5.75 Å². The zero-order chi connectivity index (χ0) is 14.3. The minimum Gasteiger partial charge on any atom is -0.491 e. The molecular weight excluding hydrogens is 242 g/mol. The number of benzene rings is 1. The summed E-state index contributed by atoms with van der Waals surface area (Å²) in [6.45, 7) is 6.04. The zero-order valence-electron chi connectivity index (χ0n) is 11.8. The number of nitrogens with one attached hydrogen (secondary N) is 1. The molecule has 0 bridgehead atoms. The Balaban J connectivity index is 2.96. The Labute approximate surface area is 114 Å². The van der Waals surface area contributed by atoms with Gasteiger partial charge in [0.1, 0.15) is 5.75 Å².